The van der Waals surface area contributed by atoms with Crippen LogP contribution in [0.5, 0.6) is 0 Å². The van der Waals surface area contributed by atoms with E-state index in [1.165, 1.54) is 0 Å². The lowest BCUT2D eigenvalue weighted by molar-refractivity contribution is -0.124. The predicted molar refractivity (Wildman–Crippen MR) is 61.3 cm³/mol. The van der Waals surface area contributed by atoms with E-state index < -0.39 is 6.04 Å². The Hall–Kier alpha value is -0.610. The summed E-state index contributed by atoms with van der Waals surface area (Å²) in [6.07, 6.45) is 0.887. The van der Waals surface area contributed by atoms with E-state index in [-0.39, 0.29) is 30.4 Å². The van der Waals surface area contributed by atoms with E-state index in [1.54, 1.807) is 0 Å². The molecule has 0 bridgehead atoms. The Morgan fingerprint density at radius 2 is 1.87 bits per heavy atom. The zero-order valence-corrected chi connectivity index (χ0v) is 10.2. The van der Waals surface area contributed by atoms with Crippen LogP contribution in [0.15, 0.2) is 0 Å². The van der Waals surface area contributed by atoms with Crippen molar-refractivity contribution < 1.29 is 9.90 Å². The minimum Gasteiger partial charge on any atom is -0.396 e. The SMILES string of the molecule is CC[C@H](C)[C@H](N)C(=O)NC(C)C(C)CO. The first-order chi connectivity index (χ1) is 6.93. The summed E-state index contributed by atoms with van der Waals surface area (Å²) in [4.78, 5) is 11.7. The van der Waals surface area contributed by atoms with Crippen LogP contribution >= 0.6 is 0 Å². The molecule has 0 saturated heterocycles. The van der Waals surface area contributed by atoms with Gasteiger partial charge in [-0.25, -0.2) is 0 Å². The number of amides is 1. The number of aliphatic hydroxyl groups is 1. The van der Waals surface area contributed by atoms with Crippen molar-refractivity contribution >= 4 is 5.91 Å². The van der Waals surface area contributed by atoms with Crippen molar-refractivity contribution in [2.45, 2.75) is 46.2 Å². The number of hydrogen-bond donors (Lipinski definition) is 3. The molecule has 0 aromatic rings. The molecule has 0 aliphatic heterocycles. The van der Waals surface area contributed by atoms with Gasteiger partial charge in [0.2, 0.25) is 5.91 Å². The van der Waals surface area contributed by atoms with Crippen molar-refractivity contribution in [3.8, 4) is 0 Å². The maximum absolute atomic E-state index is 11.7. The summed E-state index contributed by atoms with van der Waals surface area (Å²) in [6.45, 7) is 7.81. The molecule has 0 heterocycles. The van der Waals surface area contributed by atoms with Crippen molar-refractivity contribution in [3.05, 3.63) is 0 Å². The molecule has 4 heteroatoms. The molecule has 0 aliphatic rings. The molecule has 0 radical (unpaired) electrons. The zero-order valence-electron chi connectivity index (χ0n) is 10.2. The Morgan fingerprint density at radius 1 is 1.33 bits per heavy atom. The molecule has 4 N–H and O–H groups in total. The Bertz CT molecular complexity index is 197. The summed E-state index contributed by atoms with van der Waals surface area (Å²) < 4.78 is 0. The minimum absolute atomic E-state index is 0.0439. The summed E-state index contributed by atoms with van der Waals surface area (Å²) in [5.41, 5.74) is 5.79. The van der Waals surface area contributed by atoms with Gasteiger partial charge in [-0.2, -0.15) is 0 Å². The molecule has 90 valence electrons. The molecule has 0 aliphatic carbocycles. The van der Waals surface area contributed by atoms with Gasteiger partial charge in [-0.05, 0) is 18.8 Å². The number of carbonyl (C=O) groups excluding carboxylic acids is 1. The minimum atomic E-state index is -0.455. The van der Waals surface area contributed by atoms with E-state index in [4.69, 9.17) is 10.8 Å². The third kappa shape index (κ3) is 4.62. The second-order valence-electron chi connectivity index (χ2n) is 4.37. The average molecular weight is 216 g/mol. The smallest absolute Gasteiger partial charge is 0.237 e. The Kier molecular flexibility index (Phi) is 6.52. The standard InChI is InChI=1S/C11H24N2O2/c1-5-7(2)10(12)11(15)13-9(4)8(3)6-14/h7-10,14H,5-6,12H2,1-4H3,(H,13,15)/t7-,8?,9?,10-/m0/s1. The molecular weight excluding hydrogens is 192 g/mol. The molecule has 4 nitrogen and oxygen atoms in total. The van der Waals surface area contributed by atoms with E-state index in [9.17, 15) is 4.79 Å². The number of nitrogens with two attached hydrogens (primary N) is 1. The average Bonchev–Trinajstić information content (AvgIpc) is 2.25. The molecule has 0 saturated carbocycles. The Balaban J connectivity index is 4.12. The molecule has 15 heavy (non-hydrogen) atoms. The van der Waals surface area contributed by atoms with Crippen molar-refractivity contribution in [1.82, 2.24) is 5.32 Å². The highest BCUT2D eigenvalue weighted by molar-refractivity contribution is 5.82. The van der Waals surface area contributed by atoms with Gasteiger partial charge in [0, 0.05) is 12.6 Å². The van der Waals surface area contributed by atoms with Gasteiger partial charge in [-0.3, -0.25) is 4.79 Å². The number of rotatable bonds is 6. The first-order valence-electron chi connectivity index (χ1n) is 5.60. The van der Waals surface area contributed by atoms with Crippen LogP contribution < -0.4 is 11.1 Å². The lowest BCUT2D eigenvalue weighted by atomic mass is 9.98. The molecule has 2 unspecified atom stereocenters. The zero-order chi connectivity index (χ0) is 12.0. The largest absolute Gasteiger partial charge is 0.396 e. The molecule has 4 atom stereocenters. The van der Waals surface area contributed by atoms with Crippen molar-refractivity contribution in [3.63, 3.8) is 0 Å². The monoisotopic (exact) mass is 216 g/mol. The first-order valence-corrected chi connectivity index (χ1v) is 5.60. The third-order valence-electron chi connectivity index (χ3n) is 3.07. The molecule has 1 amide bonds. The van der Waals surface area contributed by atoms with Crippen molar-refractivity contribution in [2.75, 3.05) is 6.61 Å². The van der Waals surface area contributed by atoms with Gasteiger partial charge >= 0.3 is 0 Å². The van der Waals surface area contributed by atoms with Gasteiger partial charge in [0.05, 0.1) is 6.04 Å². The second kappa shape index (κ2) is 6.80. The summed E-state index contributed by atoms with van der Waals surface area (Å²) >= 11 is 0. The van der Waals surface area contributed by atoms with Crippen LogP contribution in [0.25, 0.3) is 0 Å². The fourth-order valence-electron chi connectivity index (χ4n) is 1.13. The van der Waals surface area contributed by atoms with Gasteiger partial charge < -0.3 is 16.2 Å². The first kappa shape index (κ1) is 14.4. The van der Waals surface area contributed by atoms with Gasteiger partial charge in [-0.15, -0.1) is 0 Å². The second-order valence-corrected chi connectivity index (χ2v) is 4.37. The Labute approximate surface area is 92.2 Å². The molecular formula is C11H24N2O2. The number of carbonyl (C=O) groups is 1. The highest BCUT2D eigenvalue weighted by Gasteiger charge is 2.22. The highest BCUT2D eigenvalue weighted by atomic mass is 16.3. The van der Waals surface area contributed by atoms with Crippen LogP contribution in [0.3, 0.4) is 0 Å². The maximum atomic E-state index is 11.7. The van der Waals surface area contributed by atoms with Crippen LogP contribution in [0.2, 0.25) is 0 Å². The molecule has 0 aromatic carbocycles. The number of aliphatic hydroxyl groups excluding tert-OH is 1. The van der Waals surface area contributed by atoms with E-state index in [0.29, 0.717) is 0 Å². The van der Waals surface area contributed by atoms with Gasteiger partial charge in [0.15, 0.2) is 0 Å². The topological polar surface area (TPSA) is 75.4 Å². The lowest BCUT2D eigenvalue weighted by Gasteiger charge is -2.23. The van der Waals surface area contributed by atoms with E-state index in [1.807, 2.05) is 27.7 Å². The Morgan fingerprint density at radius 3 is 2.27 bits per heavy atom. The molecule has 0 spiro atoms. The van der Waals surface area contributed by atoms with Crippen LogP contribution in [0.4, 0.5) is 0 Å². The fourth-order valence-corrected chi connectivity index (χ4v) is 1.13. The van der Waals surface area contributed by atoms with Crippen LogP contribution in [-0.4, -0.2) is 29.7 Å². The third-order valence-corrected chi connectivity index (χ3v) is 3.07. The highest BCUT2D eigenvalue weighted by Crippen LogP contribution is 2.07. The van der Waals surface area contributed by atoms with Crippen LogP contribution in [0.1, 0.15) is 34.1 Å². The quantitative estimate of drug-likeness (QED) is 0.605. The van der Waals surface area contributed by atoms with Crippen LogP contribution in [-0.2, 0) is 4.79 Å². The van der Waals surface area contributed by atoms with Crippen molar-refractivity contribution in [2.24, 2.45) is 17.6 Å². The van der Waals surface area contributed by atoms with Crippen LogP contribution in [0, 0.1) is 11.8 Å². The van der Waals surface area contributed by atoms with E-state index in [0.717, 1.165) is 6.42 Å². The molecule has 0 rings (SSSR count). The summed E-state index contributed by atoms with van der Waals surface area (Å²) in [5.74, 6) is 0.108. The predicted octanol–water partition coefficient (Wildman–Crippen LogP) is 0.493. The normalized spacial score (nSPS) is 19.1. The summed E-state index contributed by atoms with van der Waals surface area (Å²) in [6, 6.07) is -0.499. The van der Waals surface area contributed by atoms with Gasteiger partial charge in [0.25, 0.3) is 0 Å². The fraction of sp³-hybridized carbons (Fsp3) is 0.909. The van der Waals surface area contributed by atoms with Gasteiger partial charge in [0.1, 0.15) is 0 Å². The van der Waals surface area contributed by atoms with E-state index in [2.05, 4.69) is 5.32 Å². The lowest BCUT2D eigenvalue weighted by Crippen LogP contribution is -2.49. The van der Waals surface area contributed by atoms with Gasteiger partial charge in [-0.1, -0.05) is 27.2 Å². The molecule has 0 aromatic heterocycles. The van der Waals surface area contributed by atoms with E-state index >= 15 is 0 Å². The van der Waals surface area contributed by atoms with Crippen molar-refractivity contribution in [1.29, 1.82) is 0 Å². The number of nitrogens with one attached hydrogen (secondary N) is 1. The summed E-state index contributed by atoms with van der Waals surface area (Å²) in [7, 11) is 0. The molecule has 0 fully saturated rings. The summed E-state index contributed by atoms with van der Waals surface area (Å²) in [5, 5.41) is 11.8. The number of hydrogen-bond acceptors (Lipinski definition) is 3. The maximum Gasteiger partial charge on any atom is 0.237 e.